The zero-order valence-electron chi connectivity index (χ0n) is 13.7. The van der Waals surface area contributed by atoms with Crippen LogP contribution in [0.25, 0.3) is 0 Å². The van der Waals surface area contributed by atoms with Crippen LogP contribution in [-0.4, -0.2) is 43.3 Å². The van der Waals surface area contributed by atoms with Gasteiger partial charge in [-0.05, 0) is 32.8 Å². The highest BCUT2D eigenvalue weighted by Crippen LogP contribution is 2.16. The molecule has 1 rings (SSSR count). The number of allylic oxidation sites excluding steroid dienone is 1. The van der Waals surface area contributed by atoms with Crippen molar-refractivity contribution in [3.8, 4) is 0 Å². The van der Waals surface area contributed by atoms with Crippen LogP contribution in [0.1, 0.15) is 46.5 Å². The van der Waals surface area contributed by atoms with Crippen molar-refractivity contribution in [1.82, 2.24) is 4.90 Å². The van der Waals surface area contributed by atoms with Crippen molar-refractivity contribution in [1.29, 1.82) is 0 Å². The molecular formula is C17H29NO3. The van der Waals surface area contributed by atoms with Gasteiger partial charge in [0.05, 0.1) is 12.7 Å². The van der Waals surface area contributed by atoms with Gasteiger partial charge >= 0.3 is 5.97 Å². The number of ether oxygens (including phenoxy) is 2. The second kappa shape index (κ2) is 9.61. The highest BCUT2D eigenvalue weighted by Gasteiger charge is 2.21. The number of likely N-dealkylation sites (N-methyl/N-ethyl adjacent to an activating group) is 1. The third-order valence-electron chi connectivity index (χ3n) is 3.69. The molecular weight excluding hydrogens is 266 g/mol. The Morgan fingerprint density at radius 1 is 1.43 bits per heavy atom. The second-order valence-corrected chi connectivity index (χ2v) is 5.48. The van der Waals surface area contributed by atoms with E-state index in [0.717, 1.165) is 51.1 Å². The van der Waals surface area contributed by atoms with E-state index < -0.39 is 0 Å². The van der Waals surface area contributed by atoms with E-state index in [9.17, 15) is 4.79 Å². The van der Waals surface area contributed by atoms with E-state index in [1.807, 2.05) is 6.08 Å². The first-order valence-electron chi connectivity index (χ1n) is 7.99. The molecule has 1 fully saturated rings. The minimum Gasteiger partial charge on any atom is -0.462 e. The Hall–Kier alpha value is -1.29. The Balaban J connectivity index is 2.41. The van der Waals surface area contributed by atoms with Crippen molar-refractivity contribution in [2.24, 2.45) is 0 Å². The largest absolute Gasteiger partial charge is 0.462 e. The maximum Gasteiger partial charge on any atom is 0.333 e. The van der Waals surface area contributed by atoms with Gasteiger partial charge < -0.3 is 14.4 Å². The third kappa shape index (κ3) is 6.34. The standard InChI is InChI=1S/C17H29NO3/c1-5-7-8-10-21-17(19)14(3)12-15(4)18(6-2)13-16-9-11-20-16/h12,16H,4-11,13H2,1-3H3/b14-12+/t16-/m0/s1. The molecule has 0 radical (unpaired) electrons. The zero-order chi connectivity index (χ0) is 15.7. The minimum atomic E-state index is -0.247. The van der Waals surface area contributed by atoms with Crippen LogP contribution in [-0.2, 0) is 14.3 Å². The Labute approximate surface area is 128 Å². The van der Waals surface area contributed by atoms with E-state index in [2.05, 4.69) is 25.3 Å². The summed E-state index contributed by atoms with van der Waals surface area (Å²) in [5, 5.41) is 0. The number of nitrogens with zero attached hydrogens (tertiary/aromatic N) is 1. The Morgan fingerprint density at radius 3 is 2.67 bits per heavy atom. The summed E-state index contributed by atoms with van der Waals surface area (Å²) in [7, 11) is 0. The summed E-state index contributed by atoms with van der Waals surface area (Å²) in [6.45, 7) is 13.1. The first kappa shape index (κ1) is 17.8. The number of unbranched alkanes of at least 4 members (excludes halogenated alkanes) is 2. The fourth-order valence-electron chi connectivity index (χ4n) is 2.15. The normalized spacial score (nSPS) is 18.0. The van der Waals surface area contributed by atoms with Gasteiger partial charge in [-0.3, -0.25) is 0 Å². The van der Waals surface area contributed by atoms with Crippen molar-refractivity contribution in [3.05, 3.63) is 23.9 Å². The first-order valence-corrected chi connectivity index (χ1v) is 7.99. The molecule has 1 saturated heterocycles. The lowest BCUT2D eigenvalue weighted by atomic mass is 10.1. The van der Waals surface area contributed by atoms with Crippen LogP contribution in [0, 0.1) is 0 Å². The van der Waals surface area contributed by atoms with Gasteiger partial charge in [0.15, 0.2) is 0 Å². The summed E-state index contributed by atoms with van der Waals surface area (Å²) in [6, 6.07) is 0. The predicted molar refractivity (Wildman–Crippen MR) is 85.0 cm³/mol. The van der Waals surface area contributed by atoms with Gasteiger partial charge in [0.25, 0.3) is 0 Å². The Bertz CT molecular complexity index is 372. The van der Waals surface area contributed by atoms with Gasteiger partial charge in [-0.15, -0.1) is 0 Å². The highest BCUT2D eigenvalue weighted by molar-refractivity contribution is 5.88. The van der Waals surface area contributed by atoms with Crippen molar-refractivity contribution < 1.29 is 14.3 Å². The quantitative estimate of drug-likeness (QED) is 0.268. The molecule has 0 spiro atoms. The fraction of sp³-hybridized carbons (Fsp3) is 0.706. The highest BCUT2D eigenvalue weighted by atomic mass is 16.5. The second-order valence-electron chi connectivity index (χ2n) is 5.48. The number of hydrogen-bond donors (Lipinski definition) is 0. The lowest BCUT2D eigenvalue weighted by Gasteiger charge is -2.33. The van der Waals surface area contributed by atoms with Crippen LogP contribution in [0.5, 0.6) is 0 Å². The summed E-state index contributed by atoms with van der Waals surface area (Å²) in [5.41, 5.74) is 1.44. The average Bonchev–Trinajstić information content (AvgIpc) is 2.42. The van der Waals surface area contributed by atoms with Crippen LogP contribution in [0.15, 0.2) is 23.9 Å². The van der Waals surface area contributed by atoms with E-state index in [0.29, 0.717) is 18.3 Å². The summed E-state index contributed by atoms with van der Waals surface area (Å²) < 4.78 is 10.7. The monoisotopic (exact) mass is 295 g/mol. The summed E-state index contributed by atoms with van der Waals surface area (Å²) in [4.78, 5) is 14.0. The van der Waals surface area contributed by atoms with Crippen LogP contribution in [0.2, 0.25) is 0 Å². The molecule has 0 aliphatic carbocycles. The molecule has 0 unspecified atom stereocenters. The smallest absolute Gasteiger partial charge is 0.333 e. The van der Waals surface area contributed by atoms with E-state index >= 15 is 0 Å². The maximum absolute atomic E-state index is 11.9. The molecule has 1 aliphatic rings. The van der Waals surface area contributed by atoms with Gasteiger partial charge in [0.2, 0.25) is 0 Å². The first-order chi connectivity index (χ1) is 10.1. The molecule has 0 amide bonds. The molecule has 0 aromatic heterocycles. The lowest BCUT2D eigenvalue weighted by molar-refractivity contribution is -0.139. The molecule has 1 aliphatic heterocycles. The van der Waals surface area contributed by atoms with Crippen LogP contribution in [0.3, 0.4) is 0 Å². The lowest BCUT2D eigenvalue weighted by Crippen LogP contribution is -2.39. The molecule has 4 nitrogen and oxygen atoms in total. The fourth-order valence-corrected chi connectivity index (χ4v) is 2.15. The van der Waals surface area contributed by atoms with E-state index in [4.69, 9.17) is 9.47 Å². The third-order valence-corrected chi connectivity index (χ3v) is 3.69. The van der Waals surface area contributed by atoms with Gasteiger partial charge in [-0.2, -0.15) is 0 Å². The van der Waals surface area contributed by atoms with Crippen molar-refractivity contribution >= 4 is 5.97 Å². The number of esters is 1. The average molecular weight is 295 g/mol. The number of hydrogen-bond acceptors (Lipinski definition) is 4. The van der Waals surface area contributed by atoms with E-state index in [1.54, 1.807) is 6.92 Å². The van der Waals surface area contributed by atoms with Gasteiger partial charge in [-0.25, -0.2) is 4.79 Å². The Kier molecular flexibility index (Phi) is 8.13. The van der Waals surface area contributed by atoms with Gasteiger partial charge in [0.1, 0.15) is 0 Å². The molecule has 0 bridgehead atoms. The summed E-state index contributed by atoms with van der Waals surface area (Å²) >= 11 is 0. The maximum atomic E-state index is 11.9. The minimum absolute atomic E-state index is 0.247. The summed E-state index contributed by atoms with van der Waals surface area (Å²) in [5.74, 6) is -0.247. The molecule has 1 heterocycles. The number of carbonyl (C=O) groups excluding carboxylic acids is 1. The molecule has 0 N–H and O–H groups in total. The van der Waals surface area contributed by atoms with E-state index in [1.165, 1.54) is 0 Å². The van der Waals surface area contributed by atoms with Gasteiger partial charge in [-0.1, -0.05) is 26.3 Å². The van der Waals surface area contributed by atoms with Gasteiger partial charge in [0, 0.05) is 31.0 Å². The molecule has 0 aromatic rings. The van der Waals surface area contributed by atoms with Crippen molar-refractivity contribution in [3.63, 3.8) is 0 Å². The SMILES string of the molecule is C=C(/C=C(\C)C(=O)OCCCCC)N(CC)C[C@@H]1CCO1. The van der Waals surface area contributed by atoms with Crippen LogP contribution >= 0.6 is 0 Å². The zero-order valence-corrected chi connectivity index (χ0v) is 13.7. The van der Waals surface area contributed by atoms with Crippen molar-refractivity contribution in [2.45, 2.75) is 52.6 Å². The number of rotatable bonds is 10. The molecule has 4 heteroatoms. The van der Waals surface area contributed by atoms with Crippen LogP contribution in [0.4, 0.5) is 0 Å². The molecule has 0 aromatic carbocycles. The predicted octanol–water partition coefficient (Wildman–Crippen LogP) is 3.29. The topological polar surface area (TPSA) is 38.8 Å². The molecule has 1 atom stereocenters. The molecule has 0 saturated carbocycles. The molecule has 120 valence electrons. The molecule has 21 heavy (non-hydrogen) atoms. The number of carbonyl (C=O) groups is 1. The van der Waals surface area contributed by atoms with Crippen molar-refractivity contribution in [2.75, 3.05) is 26.3 Å². The summed E-state index contributed by atoms with van der Waals surface area (Å²) in [6.07, 6.45) is 6.36. The van der Waals surface area contributed by atoms with Crippen LogP contribution < -0.4 is 0 Å². The van der Waals surface area contributed by atoms with E-state index in [-0.39, 0.29) is 5.97 Å². The Morgan fingerprint density at radius 2 is 2.14 bits per heavy atom.